The molecule has 2 aromatic carbocycles. The molecule has 2 aromatic rings. The molecule has 0 saturated carbocycles. The van der Waals surface area contributed by atoms with Crippen molar-refractivity contribution < 1.29 is 14.0 Å². The van der Waals surface area contributed by atoms with Gasteiger partial charge in [0.2, 0.25) is 0 Å². The van der Waals surface area contributed by atoms with Crippen molar-refractivity contribution in [2.24, 2.45) is 0 Å². The standard InChI is InChI=1S/C19H23BBrClO3S/c1-13(2)24-20(25-14(3)4)23-12-15-5-8-18(11-19(15)21)26-17-9-6-16(22)7-10-17/h5-11,13-14H,12H2,1-4H3. The van der Waals surface area contributed by atoms with Crippen LogP contribution in [0.4, 0.5) is 0 Å². The summed E-state index contributed by atoms with van der Waals surface area (Å²) in [5, 5.41) is 0.741. The SMILES string of the molecule is CC(C)OB(OCc1ccc(Sc2ccc(Cl)cc2)cc1Br)OC(C)C. The molecule has 0 N–H and O–H groups in total. The predicted molar refractivity (Wildman–Crippen MR) is 113 cm³/mol. The minimum Gasteiger partial charge on any atom is -0.384 e. The Bertz CT molecular complexity index is 688. The molecule has 0 spiro atoms. The van der Waals surface area contributed by atoms with Gasteiger partial charge in [-0.2, -0.15) is 0 Å². The van der Waals surface area contributed by atoms with Gasteiger partial charge in [-0.3, -0.25) is 0 Å². The van der Waals surface area contributed by atoms with Gasteiger partial charge in [0, 0.05) is 31.5 Å². The smallest absolute Gasteiger partial charge is 0.384 e. The normalized spacial score (nSPS) is 11.4. The van der Waals surface area contributed by atoms with Gasteiger partial charge in [0.1, 0.15) is 0 Å². The number of benzene rings is 2. The number of hydrogen-bond acceptors (Lipinski definition) is 4. The molecule has 0 aliphatic carbocycles. The zero-order valence-electron chi connectivity index (χ0n) is 15.4. The minimum absolute atomic E-state index is 0.0281. The molecule has 0 unspecified atom stereocenters. The van der Waals surface area contributed by atoms with Gasteiger partial charge >= 0.3 is 7.32 Å². The first-order chi connectivity index (χ1) is 12.3. The van der Waals surface area contributed by atoms with Crippen molar-refractivity contribution in [3.63, 3.8) is 0 Å². The van der Waals surface area contributed by atoms with Crippen LogP contribution < -0.4 is 0 Å². The molecule has 0 aliphatic rings. The van der Waals surface area contributed by atoms with E-state index in [1.807, 2.05) is 58.0 Å². The highest BCUT2D eigenvalue weighted by Crippen LogP contribution is 2.32. The summed E-state index contributed by atoms with van der Waals surface area (Å²) in [7, 11) is -0.676. The molecule has 2 rings (SSSR count). The summed E-state index contributed by atoms with van der Waals surface area (Å²) in [5.74, 6) is 0. The maximum Gasteiger partial charge on any atom is 0.640 e. The molecule has 0 saturated heterocycles. The van der Waals surface area contributed by atoms with Crippen LogP contribution in [0.1, 0.15) is 33.3 Å². The van der Waals surface area contributed by atoms with Crippen molar-refractivity contribution in [1.29, 1.82) is 0 Å². The molecule has 7 heteroatoms. The first kappa shape index (κ1) is 21.8. The van der Waals surface area contributed by atoms with Gasteiger partial charge in [0.25, 0.3) is 0 Å². The summed E-state index contributed by atoms with van der Waals surface area (Å²) >= 11 is 11.2. The van der Waals surface area contributed by atoms with E-state index in [1.165, 1.54) is 0 Å². The van der Waals surface area contributed by atoms with Crippen LogP contribution in [-0.4, -0.2) is 19.5 Å². The molecular weight excluding hydrogens is 434 g/mol. The maximum absolute atomic E-state index is 5.93. The van der Waals surface area contributed by atoms with Crippen LogP contribution in [0.3, 0.4) is 0 Å². The Hall–Kier alpha value is -0.495. The first-order valence-corrected chi connectivity index (χ1v) is 10.5. The summed E-state index contributed by atoms with van der Waals surface area (Å²) in [6.45, 7) is 8.23. The second-order valence-corrected chi connectivity index (χ2v) is 8.72. The lowest BCUT2D eigenvalue weighted by atomic mass is 10.1. The molecular formula is C19H23BBrClO3S. The molecule has 0 fully saturated rings. The molecule has 140 valence electrons. The summed E-state index contributed by atoms with van der Waals surface area (Å²) in [6, 6.07) is 14.0. The summed E-state index contributed by atoms with van der Waals surface area (Å²) in [5.41, 5.74) is 1.04. The number of rotatable bonds is 9. The van der Waals surface area contributed by atoms with Crippen LogP contribution in [0.2, 0.25) is 5.02 Å². The molecule has 0 radical (unpaired) electrons. The van der Waals surface area contributed by atoms with Crippen molar-refractivity contribution in [2.75, 3.05) is 0 Å². The van der Waals surface area contributed by atoms with Gasteiger partial charge in [0.15, 0.2) is 0 Å². The Morgan fingerprint density at radius 3 is 2.08 bits per heavy atom. The van der Waals surface area contributed by atoms with Crippen molar-refractivity contribution in [2.45, 2.75) is 56.3 Å². The average Bonchev–Trinajstić information content (AvgIpc) is 2.55. The van der Waals surface area contributed by atoms with Gasteiger partial charge < -0.3 is 14.0 Å². The lowest BCUT2D eigenvalue weighted by molar-refractivity contribution is 0.0459. The minimum atomic E-state index is -0.676. The van der Waals surface area contributed by atoms with Crippen LogP contribution in [-0.2, 0) is 20.6 Å². The second-order valence-electron chi connectivity index (χ2n) is 6.28. The Labute approximate surface area is 174 Å². The Morgan fingerprint density at radius 2 is 1.54 bits per heavy atom. The fourth-order valence-corrected chi connectivity index (χ4v) is 3.69. The molecule has 3 nitrogen and oxygen atoms in total. The van der Waals surface area contributed by atoms with Gasteiger partial charge in [-0.25, -0.2) is 0 Å². The molecule has 0 aromatic heterocycles. The van der Waals surface area contributed by atoms with E-state index in [-0.39, 0.29) is 12.2 Å². The fourth-order valence-electron chi connectivity index (χ4n) is 2.06. The number of hydrogen-bond donors (Lipinski definition) is 0. The van der Waals surface area contributed by atoms with E-state index >= 15 is 0 Å². The largest absolute Gasteiger partial charge is 0.640 e. The maximum atomic E-state index is 5.93. The topological polar surface area (TPSA) is 27.7 Å². The zero-order chi connectivity index (χ0) is 19.1. The van der Waals surface area contributed by atoms with Crippen LogP contribution in [0.25, 0.3) is 0 Å². The quantitative estimate of drug-likeness (QED) is 0.396. The monoisotopic (exact) mass is 456 g/mol. The number of halogens is 2. The average molecular weight is 458 g/mol. The van der Waals surface area contributed by atoms with E-state index in [0.717, 1.165) is 24.8 Å². The first-order valence-electron chi connectivity index (χ1n) is 8.48. The zero-order valence-corrected chi connectivity index (χ0v) is 18.5. The van der Waals surface area contributed by atoms with Crippen LogP contribution >= 0.6 is 39.3 Å². The second kappa shape index (κ2) is 10.7. The van der Waals surface area contributed by atoms with E-state index in [1.54, 1.807) is 11.8 Å². The van der Waals surface area contributed by atoms with Crippen molar-refractivity contribution in [3.8, 4) is 0 Å². The summed E-state index contributed by atoms with van der Waals surface area (Å²) in [4.78, 5) is 2.28. The molecule has 0 bridgehead atoms. The molecule has 0 heterocycles. The van der Waals surface area contributed by atoms with Gasteiger partial charge in [0.05, 0.1) is 6.61 Å². The van der Waals surface area contributed by atoms with Crippen LogP contribution in [0.5, 0.6) is 0 Å². The van der Waals surface area contributed by atoms with E-state index in [4.69, 9.17) is 25.6 Å². The third-order valence-electron chi connectivity index (χ3n) is 3.22. The van der Waals surface area contributed by atoms with Gasteiger partial charge in [-0.1, -0.05) is 45.4 Å². The Kier molecular flexibility index (Phi) is 9.01. The lowest BCUT2D eigenvalue weighted by Gasteiger charge is -2.19. The van der Waals surface area contributed by atoms with Gasteiger partial charge in [-0.05, 0) is 69.7 Å². The van der Waals surface area contributed by atoms with E-state index in [2.05, 4.69) is 28.1 Å². The fraction of sp³-hybridized carbons (Fsp3) is 0.368. The summed E-state index contributed by atoms with van der Waals surface area (Å²) < 4.78 is 18.1. The predicted octanol–water partition coefficient (Wildman–Crippen LogP) is 6.61. The van der Waals surface area contributed by atoms with Crippen molar-refractivity contribution in [3.05, 3.63) is 57.5 Å². The van der Waals surface area contributed by atoms with E-state index in [9.17, 15) is 0 Å². The highest BCUT2D eigenvalue weighted by atomic mass is 79.9. The molecule has 0 aliphatic heterocycles. The van der Waals surface area contributed by atoms with Crippen LogP contribution in [0.15, 0.2) is 56.7 Å². The van der Waals surface area contributed by atoms with E-state index in [0.29, 0.717) is 6.61 Å². The molecule has 0 atom stereocenters. The Balaban J connectivity index is 1.98. The third-order valence-corrected chi connectivity index (χ3v) is 5.20. The third kappa shape index (κ3) is 7.63. The highest BCUT2D eigenvalue weighted by Gasteiger charge is 2.24. The molecule has 26 heavy (non-hydrogen) atoms. The summed E-state index contributed by atoms with van der Waals surface area (Å²) in [6.07, 6.45) is 0.0562. The molecule has 0 amide bonds. The Morgan fingerprint density at radius 1 is 0.962 bits per heavy atom. The highest BCUT2D eigenvalue weighted by molar-refractivity contribution is 9.10. The van der Waals surface area contributed by atoms with Crippen molar-refractivity contribution in [1.82, 2.24) is 0 Å². The van der Waals surface area contributed by atoms with Crippen molar-refractivity contribution >= 4 is 46.6 Å². The van der Waals surface area contributed by atoms with Gasteiger partial charge in [-0.15, -0.1) is 0 Å². The lowest BCUT2D eigenvalue weighted by Crippen LogP contribution is -2.32. The van der Waals surface area contributed by atoms with E-state index < -0.39 is 7.32 Å². The van der Waals surface area contributed by atoms with Crippen LogP contribution in [0, 0.1) is 0 Å².